The van der Waals surface area contributed by atoms with Gasteiger partial charge in [0.2, 0.25) is 5.89 Å². The van der Waals surface area contributed by atoms with Crippen molar-refractivity contribution >= 4 is 5.91 Å². The fourth-order valence-electron chi connectivity index (χ4n) is 2.36. The van der Waals surface area contributed by atoms with Gasteiger partial charge in [-0.3, -0.25) is 4.79 Å². The van der Waals surface area contributed by atoms with E-state index in [-0.39, 0.29) is 23.8 Å². The minimum Gasteiger partial charge on any atom is -0.337 e. The van der Waals surface area contributed by atoms with Crippen molar-refractivity contribution < 1.29 is 9.32 Å². The van der Waals surface area contributed by atoms with Crippen LogP contribution in [0.5, 0.6) is 0 Å². The van der Waals surface area contributed by atoms with E-state index in [0.717, 1.165) is 25.8 Å². The van der Waals surface area contributed by atoms with E-state index < -0.39 is 0 Å². The summed E-state index contributed by atoms with van der Waals surface area (Å²) in [6.45, 7) is 7.67. The summed E-state index contributed by atoms with van der Waals surface area (Å²) in [4.78, 5) is 18.3. The van der Waals surface area contributed by atoms with E-state index in [0.29, 0.717) is 12.4 Å². The standard InChI is InChI=1S/C13H22N4O2/c1-4-9(3)17(5-2)13(18)11-15-12(19-16-11)10-7-6-8-14-10/h9-10,14H,4-8H2,1-3H3. The number of hydrogen-bond acceptors (Lipinski definition) is 5. The van der Waals surface area contributed by atoms with E-state index in [4.69, 9.17) is 4.52 Å². The van der Waals surface area contributed by atoms with Crippen LogP contribution in [0.25, 0.3) is 0 Å². The summed E-state index contributed by atoms with van der Waals surface area (Å²) in [6.07, 6.45) is 3.00. The number of nitrogens with one attached hydrogen (secondary N) is 1. The lowest BCUT2D eigenvalue weighted by molar-refractivity contribution is 0.0684. The van der Waals surface area contributed by atoms with Gasteiger partial charge >= 0.3 is 0 Å². The molecule has 106 valence electrons. The first-order valence-corrected chi connectivity index (χ1v) is 7.05. The summed E-state index contributed by atoms with van der Waals surface area (Å²) in [5.74, 6) is 0.553. The van der Waals surface area contributed by atoms with E-state index in [9.17, 15) is 4.79 Å². The van der Waals surface area contributed by atoms with Crippen LogP contribution in [-0.2, 0) is 0 Å². The number of carbonyl (C=O) groups excluding carboxylic acids is 1. The van der Waals surface area contributed by atoms with Crippen molar-refractivity contribution in [1.82, 2.24) is 20.4 Å². The van der Waals surface area contributed by atoms with Crippen LogP contribution in [-0.4, -0.2) is 40.1 Å². The first-order chi connectivity index (χ1) is 9.17. The fourth-order valence-corrected chi connectivity index (χ4v) is 2.36. The lowest BCUT2D eigenvalue weighted by atomic mass is 10.2. The molecule has 0 aliphatic carbocycles. The number of aromatic nitrogens is 2. The van der Waals surface area contributed by atoms with Crippen molar-refractivity contribution in [2.24, 2.45) is 0 Å². The van der Waals surface area contributed by atoms with Crippen molar-refractivity contribution in [2.45, 2.75) is 52.1 Å². The van der Waals surface area contributed by atoms with Crippen molar-refractivity contribution in [3.05, 3.63) is 11.7 Å². The predicted molar refractivity (Wildman–Crippen MR) is 70.7 cm³/mol. The highest BCUT2D eigenvalue weighted by Crippen LogP contribution is 2.21. The lowest BCUT2D eigenvalue weighted by Crippen LogP contribution is -2.38. The molecule has 1 saturated heterocycles. The van der Waals surface area contributed by atoms with E-state index in [1.165, 1.54) is 0 Å². The molecule has 2 unspecified atom stereocenters. The minimum absolute atomic E-state index is 0.104. The second-order valence-electron chi connectivity index (χ2n) is 4.95. The fraction of sp³-hybridized carbons (Fsp3) is 0.769. The Morgan fingerprint density at radius 2 is 2.37 bits per heavy atom. The molecule has 2 heterocycles. The lowest BCUT2D eigenvalue weighted by Gasteiger charge is -2.25. The molecule has 1 aliphatic rings. The summed E-state index contributed by atoms with van der Waals surface area (Å²) >= 11 is 0. The molecule has 6 nitrogen and oxygen atoms in total. The minimum atomic E-state index is -0.148. The molecule has 1 amide bonds. The maximum atomic E-state index is 12.3. The Balaban J connectivity index is 2.10. The number of amides is 1. The largest absolute Gasteiger partial charge is 0.337 e. The summed E-state index contributed by atoms with van der Waals surface area (Å²) in [5, 5.41) is 7.11. The second kappa shape index (κ2) is 6.14. The van der Waals surface area contributed by atoms with Crippen LogP contribution in [0.1, 0.15) is 62.6 Å². The highest BCUT2D eigenvalue weighted by atomic mass is 16.5. The van der Waals surface area contributed by atoms with Gasteiger partial charge in [0, 0.05) is 12.6 Å². The molecule has 2 atom stereocenters. The van der Waals surface area contributed by atoms with Gasteiger partial charge in [0.1, 0.15) is 0 Å². The second-order valence-corrected chi connectivity index (χ2v) is 4.95. The molecular weight excluding hydrogens is 244 g/mol. The third-order valence-electron chi connectivity index (χ3n) is 3.72. The SMILES string of the molecule is CCC(C)N(CC)C(=O)c1noc(C2CCCN2)n1. The topological polar surface area (TPSA) is 71.3 Å². The molecule has 1 aromatic heterocycles. The first kappa shape index (κ1) is 14.0. The highest BCUT2D eigenvalue weighted by Gasteiger charge is 2.27. The molecule has 19 heavy (non-hydrogen) atoms. The van der Waals surface area contributed by atoms with E-state index in [1.54, 1.807) is 4.90 Å². The van der Waals surface area contributed by atoms with E-state index >= 15 is 0 Å². The van der Waals surface area contributed by atoms with Crippen molar-refractivity contribution in [1.29, 1.82) is 0 Å². The molecule has 1 fully saturated rings. The van der Waals surface area contributed by atoms with Crippen molar-refractivity contribution in [3.8, 4) is 0 Å². The zero-order valence-electron chi connectivity index (χ0n) is 11.8. The van der Waals surface area contributed by atoms with Gasteiger partial charge in [0.05, 0.1) is 6.04 Å². The maximum Gasteiger partial charge on any atom is 0.295 e. The first-order valence-electron chi connectivity index (χ1n) is 7.05. The van der Waals surface area contributed by atoms with Gasteiger partial charge < -0.3 is 14.7 Å². The van der Waals surface area contributed by atoms with Crippen LogP contribution in [0.4, 0.5) is 0 Å². The highest BCUT2D eigenvalue weighted by molar-refractivity contribution is 5.90. The Labute approximate surface area is 113 Å². The molecule has 0 bridgehead atoms. The smallest absolute Gasteiger partial charge is 0.295 e. The molecular formula is C13H22N4O2. The Morgan fingerprint density at radius 3 is 2.95 bits per heavy atom. The Hall–Kier alpha value is -1.43. The van der Waals surface area contributed by atoms with E-state index in [1.807, 2.05) is 13.8 Å². The van der Waals surface area contributed by atoms with Crippen LogP contribution in [0.2, 0.25) is 0 Å². The molecule has 1 aromatic rings. The van der Waals surface area contributed by atoms with Gasteiger partial charge in [0.15, 0.2) is 0 Å². The van der Waals surface area contributed by atoms with Crippen LogP contribution < -0.4 is 5.32 Å². The van der Waals surface area contributed by atoms with Gasteiger partial charge in [-0.05, 0) is 39.7 Å². The Bertz CT molecular complexity index is 426. The molecule has 1 aliphatic heterocycles. The summed E-state index contributed by atoms with van der Waals surface area (Å²) in [7, 11) is 0. The number of hydrogen-bond donors (Lipinski definition) is 1. The van der Waals surface area contributed by atoms with Gasteiger partial charge in [-0.25, -0.2) is 0 Å². The van der Waals surface area contributed by atoms with Crippen LogP contribution in [0, 0.1) is 0 Å². The quantitative estimate of drug-likeness (QED) is 0.879. The summed E-state index contributed by atoms with van der Waals surface area (Å²) in [5.41, 5.74) is 0. The molecule has 0 saturated carbocycles. The number of carbonyl (C=O) groups is 1. The van der Waals surface area contributed by atoms with Crippen molar-refractivity contribution in [3.63, 3.8) is 0 Å². The summed E-state index contributed by atoms with van der Waals surface area (Å²) in [6, 6.07) is 0.289. The van der Waals surface area contributed by atoms with Gasteiger partial charge in [-0.2, -0.15) is 4.98 Å². The predicted octanol–water partition coefficient (Wildman–Crippen LogP) is 1.75. The molecule has 2 rings (SSSR count). The van der Waals surface area contributed by atoms with Gasteiger partial charge in [-0.15, -0.1) is 0 Å². The molecule has 1 N–H and O–H groups in total. The third-order valence-corrected chi connectivity index (χ3v) is 3.72. The monoisotopic (exact) mass is 266 g/mol. The Morgan fingerprint density at radius 1 is 1.58 bits per heavy atom. The van der Waals surface area contributed by atoms with Gasteiger partial charge in [-0.1, -0.05) is 12.1 Å². The average Bonchev–Trinajstić information content (AvgIpc) is 3.09. The van der Waals surface area contributed by atoms with Gasteiger partial charge in [0.25, 0.3) is 11.7 Å². The molecule has 0 aromatic carbocycles. The molecule has 0 spiro atoms. The number of rotatable bonds is 5. The zero-order valence-corrected chi connectivity index (χ0v) is 11.8. The Kier molecular flexibility index (Phi) is 4.52. The maximum absolute atomic E-state index is 12.3. The normalized spacial score (nSPS) is 20.5. The number of nitrogens with zero attached hydrogens (tertiary/aromatic N) is 3. The van der Waals surface area contributed by atoms with Crippen LogP contribution in [0.15, 0.2) is 4.52 Å². The summed E-state index contributed by atoms with van der Waals surface area (Å²) < 4.78 is 5.21. The van der Waals surface area contributed by atoms with E-state index in [2.05, 4.69) is 22.4 Å². The average molecular weight is 266 g/mol. The molecule has 0 radical (unpaired) electrons. The third kappa shape index (κ3) is 2.94. The van der Waals surface area contributed by atoms with Crippen LogP contribution >= 0.6 is 0 Å². The zero-order chi connectivity index (χ0) is 13.8. The molecule has 6 heteroatoms. The van der Waals surface area contributed by atoms with Crippen LogP contribution in [0.3, 0.4) is 0 Å². The van der Waals surface area contributed by atoms with Crippen molar-refractivity contribution in [2.75, 3.05) is 13.1 Å².